The molecule has 3 heterocycles. The van der Waals surface area contributed by atoms with Crippen molar-refractivity contribution in [1.82, 2.24) is 25.5 Å². The van der Waals surface area contributed by atoms with E-state index in [0.29, 0.717) is 5.69 Å². The van der Waals surface area contributed by atoms with Crippen LogP contribution in [0.4, 0.5) is 0 Å². The maximum absolute atomic E-state index is 11.5. The van der Waals surface area contributed by atoms with Gasteiger partial charge in [0.2, 0.25) is 0 Å². The molecule has 0 spiro atoms. The van der Waals surface area contributed by atoms with E-state index in [2.05, 4.69) is 25.5 Å². The van der Waals surface area contributed by atoms with Gasteiger partial charge in [0, 0.05) is 6.04 Å². The van der Waals surface area contributed by atoms with Crippen molar-refractivity contribution in [2.45, 2.75) is 31.2 Å². The smallest absolute Gasteiger partial charge is 0.326 e. The third-order valence-corrected chi connectivity index (χ3v) is 3.43. The number of nitrogens with zero attached hydrogens (tertiary/aromatic N) is 1. The maximum atomic E-state index is 11.5. The summed E-state index contributed by atoms with van der Waals surface area (Å²) in [6, 6.07) is -0.945. The molecule has 3 rings (SSSR count). The van der Waals surface area contributed by atoms with Crippen LogP contribution in [0.5, 0.6) is 0 Å². The summed E-state index contributed by atoms with van der Waals surface area (Å²) in [7, 11) is 0. The SMILES string of the molecule is C[C@H]1N[C@@H](c2[nH]nc3c(=O)[nH]c(=O)[nH]c23)[C@@H](O)[C@H]1O. The molecule has 0 aliphatic carbocycles. The van der Waals surface area contributed by atoms with Gasteiger partial charge in [0.1, 0.15) is 6.10 Å². The molecule has 9 nitrogen and oxygen atoms in total. The molecule has 102 valence electrons. The zero-order valence-corrected chi connectivity index (χ0v) is 9.97. The van der Waals surface area contributed by atoms with Gasteiger partial charge < -0.3 is 20.5 Å². The summed E-state index contributed by atoms with van der Waals surface area (Å²) in [5, 5.41) is 29.1. The van der Waals surface area contributed by atoms with Crippen LogP contribution in [0, 0.1) is 0 Å². The van der Waals surface area contributed by atoms with Crippen LogP contribution in [-0.2, 0) is 0 Å². The number of hydrogen-bond acceptors (Lipinski definition) is 6. The fraction of sp³-hybridized carbons (Fsp3) is 0.500. The molecule has 6 N–H and O–H groups in total. The van der Waals surface area contributed by atoms with Crippen LogP contribution in [0.15, 0.2) is 9.59 Å². The number of nitrogens with one attached hydrogen (secondary N) is 4. The maximum Gasteiger partial charge on any atom is 0.326 e. The Morgan fingerprint density at radius 3 is 2.53 bits per heavy atom. The molecule has 0 aromatic carbocycles. The predicted molar refractivity (Wildman–Crippen MR) is 64.7 cm³/mol. The molecule has 2 aromatic heterocycles. The second-order valence-electron chi connectivity index (χ2n) is 4.68. The van der Waals surface area contributed by atoms with Crippen LogP contribution in [0.1, 0.15) is 18.7 Å². The van der Waals surface area contributed by atoms with Crippen molar-refractivity contribution in [2.24, 2.45) is 0 Å². The highest BCUT2D eigenvalue weighted by molar-refractivity contribution is 5.76. The summed E-state index contributed by atoms with van der Waals surface area (Å²) in [6.45, 7) is 1.72. The molecule has 1 aliphatic rings. The van der Waals surface area contributed by atoms with Gasteiger partial charge in [0.15, 0.2) is 5.52 Å². The molecule has 4 atom stereocenters. The lowest BCUT2D eigenvalue weighted by molar-refractivity contribution is 0.0297. The first-order valence-corrected chi connectivity index (χ1v) is 5.82. The number of H-pyrrole nitrogens is 3. The van der Waals surface area contributed by atoms with Crippen molar-refractivity contribution in [3.8, 4) is 0 Å². The van der Waals surface area contributed by atoms with E-state index in [0.717, 1.165) is 0 Å². The second kappa shape index (κ2) is 4.02. The van der Waals surface area contributed by atoms with Crippen molar-refractivity contribution in [1.29, 1.82) is 0 Å². The summed E-state index contributed by atoms with van der Waals surface area (Å²) in [5.41, 5.74) is -0.609. The number of aliphatic hydroxyl groups excluding tert-OH is 2. The number of aromatic nitrogens is 4. The molecule has 0 amide bonds. The van der Waals surface area contributed by atoms with Crippen LogP contribution in [-0.4, -0.2) is 48.6 Å². The topological polar surface area (TPSA) is 147 Å². The van der Waals surface area contributed by atoms with Crippen molar-refractivity contribution in [2.75, 3.05) is 0 Å². The largest absolute Gasteiger partial charge is 0.389 e. The minimum absolute atomic E-state index is 0.0534. The average molecular weight is 267 g/mol. The molecular weight excluding hydrogens is 254 g/mol. The van der Waals surface area contributed by atoms with Crippen molar-refractivity contribution in [3.63, 3.8) is 0 Å². The first-order chi connectivity index (χ1) is 8.99. The molecule has 2 aromatic rings. The van der Waals surface area contributed by atoms with Crippen LogP contribution in [0.3, 0.4) is 0 Å². The highest BCUT2D eigenvalue weighted by Gasteiger charge is 2.41. The molecule has 0 bridgehead atoms. The van der Waals surface area contributed by atoms with Gasteiger partial charge in [0.25, 0.3) is 5.56 Å². The Bertz CT molecular complexity index is 731. The summed E-state index contributed by atoms with van der Waals surface area (Å²) in [5.74, 6) is 0. The third kappa shape index (κ3) is 1.70. The fourth-order valence-electron chi connectivity index (χ4n) is 2.41. The summed E-state index contributed by atoms with van der Waals surface area (Å²) < 4.78 is 0. The van der Waals surface area contributed by atoms with Gasteiger partial charge in [-0.05, 0) is 6.92 Å². The van der Waals surface area contributed by atoms with E-state index < -0.39 is 29.5 Å². The number of rotatable bonds is 1. The van der Waals surface area contributed by atoms with Crippen molar-refractivity contribution >= 4 is 11.0 Å². The number of hydrogen-bond donors (Lipinski definition) is 6. The fourth-order valence-corrected chi connectivity index (χ4v) is 2.41. The van der Waals surface area contributed by atoms with Gasteiger partial charge in [-0.25, -0.2) is 4.79 Å². The zero-order valence-electron chi connectivity index (χ0n) is 9.97. The van der Waals surface area contributed by atoms with Gasteiger partial charge in [-0.3, -0.25) is 14.9 Å². The van der Waals surface area contributed by atoms with Gasteiger partial charge >= 0.3 is 5.69 Å². The Morgan fingerprint density at radius 2 is 1.89 bits per heavy atom. The first-order valence-electron chi connectivity index (χ1n) is 5.82. The molecule has 1 saturated heterocycles. The normalized spacial score (nSPS) is 31.1. The standard InChI is InChI=1S/C10H13N5O4/c1-2-7(16)8(17)5(11-2)4-3-6(15-14-4)9(18)13-10(19)12-3/h2,5,7-8,11,16-17H,1H3,(H,14,15)(H2,12,13,18,19)/t2-,5+,7+,8-/m1/s1. The van der Waals surface area contributed by atoms with Gasteiger partial charge in [-0.15, -0.1) is 0 Å². The Morgan fingerprint density at radius 1 is 1.16 bits per heavy atom. The molecule has 9 heteroatoms. The lowest BCUT2D eigenvalue weighted by Crippen LogP contribution is -2.29. The number of aromatic amines is 3. The van der Waals surface area contributed by atoms with Crippen LogP contribution >= 0.6 is 0 Å². The van der Waals surface area contributed by atoms with E-state index in [-0.39, 0.29) is 17.1 Å². The second-order valence-corrected chi connectivity index (χ2v) is 4.68. The summed E-state index contributed by atoms with van der Waals surface area (Å²) in [4.78, 5) is 27.4. The number of fused-ring (bicyclic) bond motifs is 1. The molecule has 0 unspecified atom stereocenters. The number of aliphatic hydroxyl groups is 2. The quantitative estimate of drug-likeness (QED) is 0.342. The molecule has 0 radical (unpaired) electrons. The highest BCUT2D eigenvalue weighted by atomic mass is 16.3. The molecule has 19 heavy (non-hydrogen) atoms. The van der Waals surface area contributed by atoms with Crippen LogP contribution < -0.4 is 16.6 Å². The Balaban J connectivity index is 2.17. The Kier molecular flexibility index (Phi) is 2.55. The molecule has 1 fully saturated rings. The highest BCUT2D eigenvalue weighted by Crippen LogP contribution is 2.28. The van der Waals surface area contributed by atoms with Crippen LogP contribution in [0.2, 0.25) is 0 Å². The van der Waals surface area contributed by atoms with E-state index in [1.807, 2.05) is 0 Å². The Labute approximate surface area is 105 Å². The lowest BCUT2D eigenvalue weighted by atomic mass is 10.1. The zero-order chi connectivity index (χ0) is 13.7. The van der Waals surface area contributed by atoms with E-state index in [1.165, 1.54) is 0 Å². The third-order valence-electron chi connectivity index (χ3n) is 3.43. The Hall–Kier alpha value is -1.97. The average Bonchev–Trinajstić information content (AvgIpc) is 2.86. The van der Waals surface area contributed by atoms with Crippen molar-refractivity contribution in [3.05, 3.63) is 26.5 Å². The van der Waals surface area contributed by atoms with Gasteiger partial charge in [-0.2, -0.15) is 5.10 Å². The predicted octanol–water partition coefficient (Wildman–Crippen LogP) is -2.31. The van der Waals surface area contributed by atoms with Gasteiger partial charge in [0.05, 0.1) is 23.4 Å². The van der Waals surface area contributed by atoms with E-state index in [4.69, 9.17) is 0 Å². The minimum Gasteiger partial charge on any atom is -0.389 e. The van der Waals surface area contributed by atoms with E-state index in [9.17, 15) is 19.8 Å². The minimum atomic E-state index is -1.05. The molecular formula is C10H13N5O4. The lowest BCUT2D eigenvalue weighted by Gasteiger charge is -2.14. The van der Waals surface area contributed by atoms with Gasteiger partial charge in [-0.1, -0.05) is 0 Å². The van der Waals surface area contributed by atoms with E-state index in [1.54, 1.807) is 6.92 Å². The van der Waals surface area contributed by atoms with E-state index >= 15 is 0 Å². The molecule has 0 saturated carbocycles. The van der Waals surface area contributed by atoms with Crippen molar-refractivity contribution < 1.29 is 10.2 Å². The summed E-state index contributed by atoms with van der Waals surface area (Å²) in [6.07, 6.45) is -1.99. The summed E-state index contributed by atoms with van der Waals surface area (Å²) >= 11 is 0. The molecule has 1 aliphatic heterocycles. The monoisotopic (exact) mass is 267 g/mol. The first kappa shape index (κ1) is 12.1. The van der Waals surface area contributed by atoms with Crippen LogP contribution in [0.25, 0.3) is 11.0 Å².